The minimum atomic E-state index is -3.31. The van der Waals surface area contributed by atoms with Gasteiger partial charge >= 0.3 is 0 Å². The number of aryl methyl sites for hydroxylation is 1. The Labute approximate surface area is 160 Å². The molecule has 27 heavy (non-hydrogen) atoms. The summed E-state index contributed by atoms with van der Waals surface area (Å²) in [7, 11) is -1.44. The van der Waals surface area contributed by atoms with Crippen molar-refractivity contribution in [1.29, 1.82) is 0 Å². The number of anilines is 2. The minimum Gasteiger partial charge on any atom is -0.354 e. The largest absolute Gasteiger partial charge is 0.354 e. The first kappa shape index (κ1) is 17.6. The van der Waals surface area contributed by atoms with E-state index >= 15 is 0 Å². The predicted molar refractivity (Wildman–Crippen MR) is 106 cm³/mol. The number of H-pyrrole nitrogens is 1. The van der Waals surface area contributed by atoms with E-state index in [-0.39, 0.29) is 4.90 Å². The number of nitrogens with one attached hydrogen (secondary N) is 2. The van der Waals surface area contributed by atoms with Crippen LogP contribution < -0.4 is 5.32 Å². The molecule has 3 heterocycles. The Bertz CT molecular complexity index is 1260. The van der Waals surface area contributed by atoms with E-state index in [0.717, 1.165) is 28.4 Å². The van der Waals surface area contributed by atoms with E-state index in [9.17, 15) is 8.42 Å². The van der Waals surface area contributed by atoms with E-state index < -0.39 is 9.84 Å². The van der Waals surface area contributed by atoms with Crippen LogP contribution in [0.2, 0.25) is 5.02 Å². The average Bonchev–Trinajstić information content (AvgIpc) is 3.21. The van der Waals surface area contributed by atoms with Crippen molar-refractivity contribution in [3.63, 3.8) is 0 Å². The molecule has 2 N–H and O–H groups in total. The van der Waals surface area contributed by atoms with Gasteiger partial charge in [0.25, 0.3) is 0 Å². The number of benzene rings is 1. The summed E-state index contributed by atoms with van der Waals surface area (Å²) >= 11 is 6.22. The van der Waals surface area contributed by atoms with Gasteiger partial charge in [-0.2, -0.15) is 5.10 Å². The lowest BCUT2D eigenvalue weighted by Crippen LogP contribution is -1.99. The standard InChI is InChI=1S/C18H16ClN5O2S/c1-24-10-12(9-21-24)16-5-11-8-20-18(7-17(11)22-16)23-15-4-3-13(6-14(15)19)27(2,25)26/h3-10,22H,1-2H3,(H,20,23). The molecule has 138 valence electrons. The van der Waals surface area contributed by atoms with E-state index in [1.54, 1.807) is 23.1 Å². The highest BCUT2D eigenvalue weighted by Crippen LogP contribution is 2.29. The lowest BCUT2D eigenvalue weighted by Gasteiger charge is -2.09. The molecule has 4 rings (SSSR count). The van der Waals surface area contributed by atoms with Crippen LogP contribution in [0.15, 0.2) is 53.8 Å². The van der Waals surface area contributed by atoms with Gasteiger partial charge in [0, 0.05) is 48.4 Å². The zero-order valence-corrected chi connectivity index (χ0v) is 16.1. The summed E-state index contributed by atoms with van der Waals surface area (Å²) in [5.74, 6) is 0.594. The molecule has 3 aromatic heterocycles. The Morgan fingerprint density at radius 1 is 1.19 bits per heavy atom. The maximum Gasteiger partial charge on any atom is 0.175 e. The second-order valence-corrected chi connectivity index (χ2v) is 8.70. The molecule has 0 aliphatic heterocycles. The van der Waals surface area contributed by atoms with E-state index in [2.05, 4.69) is 20.4 Å². The zero-order chi connectivity index (χ0) is 19.2. The van der Waals surface area contributed by atoms with Gasteiger partial charge in [-0.25, -0.2) is 13.4 Å². The van der Waals surface area contributed by atoms with E-state index in [0.29, 0.717) is 16.5 Å². The van der Waals surface area contributed by atoms with Crippen molar-refractivity contribution >= 4 is 43.8 Å². The third-order valence-corrected chi connectivity index (χ3v) is 5.57. The quantitative estimate of drug-likeness (QED) is 0.543. The first-order chi connectivity index (χ1) is 12.8. The molecule has 0 radical (unpaired) electrons. The highest BCUT2D eigenvalue weighted by Gasteiger charge is 2.11. The van der Waals surface area contributed by atoms with Crippen molar-refractivity contribution in [2.75, 3.05) is 11.6 Å². The van der Waals surface area contributed by atoms with Crippen LogP contribution in [0.4, 0.5) is 11.5 Å². The van der Waals surface area contributed by atoms with Gasteiger partial charge in [-0.15, -0.1) is 0 Å². The van der Waals surface area contributed by atoms with Gasteiger partial charge < -0.3 is 10.3 Å². The Kier molecular flexibility index (Phi) is 4.16. The third kappa shape index (κ3) is 3.54. The number of rotatable bonds is 4. The minimum absolute atomic E-state index is 0.173. The molecule has 0 amide bonds. The van der Waals surface area contributed by atoms with Gasteiger partial charge in [0.2, 0.25) is 0 Å². The van der Waals surface area contributed by atoms with Crippen molar-refractivity contribution in [3.05, 3.63) is 53.9 Å². The first-order valence-corrected chi connectivity index (χ1v) is 10.3. The second-order valence-electron chi connectivity index (χ2n) is 6.28. The summed E-state index contributed by atoms with van der Waals surface area (Å²) in [5.41, 5.74) is 3.43. The molecular weight excluding hydrogens is 386 g/mol. The van der Waals surface area contributed by atoms with Crippen molar-refractivity contribution < 1.29 is 8.42 Å². The lowest BCUT2D eigenvalue weighted by atomic mass is 10.2. The third-order valence-electron chi connectivity index (χ3n) is 4.15. The zero-order valence-electron chi connectivity index (χ0n) is 14.6. The van der Waals surface area contributed by atoms with Crippen LogP contribution in [0.1, 0.15) is 0 Å². The van der Waals surface area contributed by atoms with Gasteiger partial charge in [0.1, 0.15) is 5.82 Å². The number of nitrogens with zero attached hydrogens (tertiary/aromatic N) is 3. The molecule has 0 aliphatic carbocycles. The summed E-state index contributed by atoms with van der Waals surface area (Å²) < 4.78 is 25.0. The van der Waals surface area contributed by atoms with Gasteiger partial charge in [0.15, 0.2) is 9.84 Å². The van der Waals surface area contributed by atoms with E-state index in [1.165, 1.54) is 12.1 Å². The number of hydrogen-bond acceptors (Lipinski definition) is 5. The normalized spacial score (nSPS) is 11.8. The average molecular weight is 402 g/mol. The fraction of sp³-hybridized carbons (Fsp3) is 0.111. The summed E-state index contributed by atoms with van der Waals surface area (Å²) in [6.45, 7) is 0. The van der Waals surface area contributed by atoms with E-state index in [1.807, 2.05) is 25.4 Å². The van der Waals surface area contributed by atoms with Crippen LogP contribution in [-0.2, 0) is 16.9 Å². The highest BCUT2D eigenvalue weighted by atomic mass is 35.5. The van der Waals surface area contributed by atoms with Crippen molar-refractivity contribution in [2.45, 2.75) is 4.90 Å². The Hall–Kier alpha value is -2.84. The summed E-state index contributed by atoms with van der Waals surface area (Å²) in [5, 5.41) is 8.58. The Morgan fingerprint density at radius 2 is 2.00 bits per heavy atom. The number of fused-ring (bicyclic) bond motifs is 1. The molecule has 0 fully saturated rings. The molecular formula is C18H16ClN5O2S. The summed E-state index contributed by atoms with van der Waals surface area (Å²) in [4.78, 5) is 7.92. The van der Waals surface area contributed by atoms with Crippen molar-refractivity contribution in [1.82, 2.24) is 19.7 Å². The maximum atomic E-state index is 11.6. The van der Waals surface area contributed by atoms with Gasteiger partial charge in [0.05, 0.1) is 27.3 Å². The Morgan fingerprint density at radius 3 is 2.67 bits per heavy atom. The first-order valence-electron chi connectivity index (χ1n) is 8.04. The van der Waals surface area contributed by atoms with E-state index in [4.69, 9.17) is 11.6 Å². The summed E-state index contributed by atoms with van der Waals surface area (Å²) in [6, 6.07) is 8.44. The van der Waals surface area contributed by atoms with Gasteiger partial charge in [-0.1, -0.05) is 11.6 Å². The molecule has 0 bridgehead atoms. The number of halogens is 1. The monoisotopic (exact) mass is 401 g/mol. The second kappa shape index (κ2) is 6.40. The van der Waals surface area contributed by atoms with Crippen LogP contribution in [0.3, 0.4) is 0 Å². The highest BCUT2D eigenvalue weighted by molar-refractivity contribution is 7.90. The van der Waals surface area contributed by atoms with Crippen LogP contribution in [-0.4, -0.2) is 34.4 Å². The molecule has 9 heteroatoms. The molecule has 0 unspecified atom stereocenters. The smallest absolute Gasteiger partial charge is 0.175 e. The molecule has 1 aromatic carbocycles. The molecule has 4 aromatic rings. The Balaban J connectivity index is 1.65. The van der Waals surface area contributed by atoms with Gasteiger partial charge in [-0.05, 0) is 24.3 Å². The fourth-order valence-electron chi connectivity index (χ4n) is 2.78. The predicted octanol–water partition coefficient (Wildman–Crippen LogP) is 3.76. The number of aromatic nitrogens is 4. The number of aromatic amines is 1. The fourth-order valence-corrected chi connectivity index (χ4v) is 3.72. The number of hydrogen-bond donors (Lipinski definition) is 2. The topological polar surface area (TPSA) is 92.7 Å². The lowest BCUT2D eigenvalue weighted by molar-refractivity contribution is 0.602. The molecule has 0 saturated heterocycles. The molecule has 0 aliphatic rings. The molecule has 0 spiro atoms. The number of pyridine rings is 1. The van der Waals surface area contributed by atoms with Crippen molar-refractivity contribution in [2.24, 2.45) is 7.05 Å². The SMILES string of the molecule is Cn1cc(-c2cc3cnc(Nc4ccc(S(C)(=O)=O)cc4Cl)cc3[nH]2)cn1. The van der Waals surface area contributed by atoms with Crippen LogP contribution in [0, 0.1) is 0 Å². The molecule has 0 saturated carbocycles. The maximum absolute atomic E-state index is 11.6. The number of sulfone groups is 1. The molecule has 0 atom stereocenters. The van der Waals surface area contributed by atoms with Crippen molar-refractivity contribution in [3.8, 4) is 11.3 Å². The van der Waals surface area contributed by atoms with Crippen LogP contribution in [0.25, 0.3) is 22.2 Å². The summed E-state index contributed by atoms with van der Waals surface area (Å²) in [6.07, 6.45) is 6.62. The van der Waals surface area contributed by atoms with Crippen LogP contribution in [0.5, 0.6) is 0 Å². The van der Waals surface area contributed by atoms with Gasteiger partial charge in [-0.3, -0.25) is 4.68 Å². The molecule has 7 nitrogen and oxygen atoms in total. The van der Waals surface area contributed by atoms with Crippen LogP contribution >= 0.6 is 11.6 Å².